The second-order valence-electron chi connectivity index (χ2n) is 6.74. The molecule has 1 amide bonds. The Hall–Kier alpha value is -4.20. The van der Waals surface area contributed by atoms with Gasteiger partial charge in [0.15, 0.2) is 6.61 Å². The molecule has 30 heavy (non-hydrogen) atoms. The van der Waals surface area contributed by atoms with E-state index in [-0.39, 0.29) is 18.0 Å². The normalized spacial score (nSPS) is 10.7. The molecule has 3 aromatic carbocycles. The number of aromatic nitrogens is 2. The summed E-state index contributed by atoms with van der Waals surface area (Å²) < 4.78 is 5.49. The number of rotatable bonds is 6. The number of carbonyl (C=O) groups excluding carboxylic acids is 1. The molecule has 0 unspecified atom stereocenters. The van der Waals surface area contributed by atoms with Crippen molar-refractivity contribution in [1.29, 1.82) is 0 Å². The predicted molar refractivity (Wildman–Crippen MR) is 113 cm³/mol. The highest BCUT2D eigenvalue weighted by molar-refractivity contribution is 5.94. The summed E-state index contributed by atoms with van der Waals surface area (Å²) in [6.07, 6.45) is 0. The molecule has 8 nitrogen and oxygen atoms in total. The van der Waals surface area contributed by atoms with E-state index in [2.05, 4.69) is 15.3 Å². The van der Waals surface area contributed by atoms with Crippen molar-refractivity contribution in [1.82, 2.24) is 9.97 Å². The van der Waals surface area contributed by atoms with Crippen LogP contribution in [0, 0.1) is 17.0 Å². The maximum absolute atomic E-state index is 12.1. The van der Waals surface area contributed by atoms with Crippen LogP contribution < -0.4 is 10.1 Å². The molecule has 150 valence electrons. The molecule has 0 aliphatic carbocycles. The number of nitrogens with zero attached hydrogens (tertiary/aromatic N) is 2. The monoisotopic (exact) mass is 402 g/mol. The number of nitro groups is 1. The van der Waals surface area contributed by atoms with Crippen LogP contribution in [0.2, 0.25) is 0 Å². The van der Waals surface area contributed by atoms with E-state index in [0.717, 1.165) is 28.0 Å². The van der Waals surface area contributed by atoms with E-state index in [0.29, 0.717) is 5.75 Å². The maximum atomic E-state index is 12.1. The Morgan fingerprint density at radius 2 is 1.90 bits per heavy atom. The zero-order valence-electron chi connectivity index (χ0n) is 16.1. The van der Waals surface area contributed by atoms with E-state index in [1.165, 1.54) is 18.2 Å². The Labute approximate surface area is 171 Å². The van der Waals surface area contributed by atoms with Crippen molar-refractivity contribution < 1.29 is 14.5 Å². The highest BCUT2D eigenvalue weighted by atomic mass is 16.6. The first-order valence-electron chi connectivity index (χ1n) is 9.22. The van der Waals surface area contributed by atoms with E-state index in [4.69, 9.17) is 4.74 Å². The number of hydrogen-bond donors (Lipinski definition) is 2. The maximum Gasteiger partial charge on any atom is 0.292 e. The first kappa shape index (κ1) is 19.1. The lowest BCUT2D eigenvalue weighted by molar-refractivity contribution is -0.383. The Balaban J connectivity index is 1.40. The van der Waals surface area contributed by atoms with Gasteiger partial charge in [-0.2, -0.15) is 0 Å². The third kappa shape index (κ3) is 4.12. The van der Waals surface area contributed by atoms with Crippen LogP contribution in [0.1, 0.15) is 5.56 Å². The van der Waals surface area contributed by atoms with Crippen molar-refractivity contribution in [3.8, 4) is 17.1 Å². The molecule has 0 atom stereocenters. The number of ether oxygens (including phenoxy) is 1. The van der Waals surface area contributed by atoms with Gasteiger partial charge in [-0.1, -0.05) is 18.2 Å². The molecule has 0 bridgehead atoms. The number of amides is 1. The van der Waals surface area contributed by atoms with E-state index < -0.39 is 10.8 Å². The topological polar surface area (TPSA) is 110 Å². The molecular formula is C22H18N4O4. The summed E-state index contributed by atoms with van der Waals surface area (Å²) in [6, 6.07) is 19.2. The number of fused-ring (bicyclic) bond motifs is 1. The summed E-state index contributed by atoms with van der Waals surface area (Å²) in [5.74, 6) is 0.765. The third-order valence-electron chi connectivity index (χ3n) is 4.51. The molecule has 4 rings (SSSR count). The fourth-order valence-corrected chi connectivity index (χ4v) is 3.04. The summed E-state index contributed by atoms with van der Waals surface area (Å²) in [5, 5.41) is 13.5. The number of aromatic amines is 1. The second kappa shape index (κ2) is 8.04. The highest BCUT2D eigenvalue weighted by Crippen LogP contribution is 2.24. The van der Waals surface area contributed by atoms with Crippen molar-refractivity contribution in [3.05, 3.63) is 82.4 Å². The van der Waals surface area contributed by atoms with Gasteiger partial charge in [0.05, 0.1) is 16.0 Å². The lowest BCUT2D eigenvalue weighted by atomic mass is 10.2. The van der Waals surface area contributed by atoms with Crippen molar-refractivity contribution >= 4 is 28.3 Å². The molecule has 1 heterocycles. The molecule has 0 spiro atoms. The Bertz CT molecular complexity index is 1230. The molecule has 4 aromatic rings. The fourth-order valence-electron chi connectivity index (χ4n) is 3.04. The molecule has 2 N–H and O–H groups in total. The molecular weight excluding hydrogens is 384 g/mol. The number of aryl methyl sites for hydroxylation is 1. The van der Waals surface area contributed by atoms with Crippen molar-refractivity contribution in [3.63, 3.8) is 0 Å². The Morgan fingerprint density at radius 3 is 2.67 bits per heavy atom. The molecule has 0 saturated carbocycles. The Kier molecular flexibility index (Phi) is 5.13. The van der Waals surface area contributed by atoms with Crippen molar-refractivity contribution in [2.45, 2.75) is 6.92 Å². The van der Waals surface area contributed by atoms with Crippen molar-refractivity contribution in [2.75, 3.05) is 11.9 Å². The highest BCUT2D eigenvalue weighted by Gasteiger charge is 2.15. The summed E-state index contributed by atoms with van der Waals surface area (Å²) in [6.45, 7) is 1.76. The first-order valence-corrected chi connectivity index (χ1v) is 9.22. The minimum absolute atomic E-state index is 0.131. The van der Waals surface area contributed by atoms with Crippen LogP contribution >= 0.6 is 0 Å². The smallest absolute Gasteiger partial charge is 0.292 e. The molecule has 0 fully saturated rings. The van der Waals surface area contributed by atoms with Gasteiger partial charge in [-0.15, -0.1) is 0 Å². The van der Waals surface area contributed by atoms with Crippen LogP contribution in [-0.4, -0.2) is 27.4 Å². The van der Waals surface area contributed by atoms with Gasteiger partial charge in [0.1, 0.15) is 17.3 Å². The van der Waals surface area contributed by atoms with Gasteiger partial charge in [-0.05, 0) is 55.0 Å². The molecule has 1 aromatic heterocycles. The first-order chi connectivity index (χ1) is 14.5. The van der Waals surface area contributed by atoms with Crippen LogP contribution in [0.25, 0.3) is 22.4 Å². The minimum Gasteiger partial charge on any atom is -0.484 e. The van der Waals surface area contributed by atoms with Crippen LogP contribution in [0.15, 0.2) is 66.7 Å². The van der Waals surface area contributed by atoms with Crippen LogP contribution in [-0.2, 0) is 4.79 Å². The number of nitro benzene ring substituents is 1. The summed E-state index contributed by atoms with van der Waals surface area (Å²) in [7, 11) is 0. The molecule has 8 heteroatoms. The summed E-state index contributed by atoms with van der Waals surface area (Å²) in [4.78, 5) is 30.5. The van der Waals surface area contributed by atoms with E-state index in [1.54, 1.807) is 18.2 Å². The number of benzene rings is 3. The molecule has 0 radical (unpaired) electrons. The quantitative estimate of drug-likeness (QED) is 0.365. The van der Waals surface area contributed by atoms with Gasteiger partial charge < -0.3 is 15.0 Å². The lowest BCUT2D eigenvalue weighted by Gasteiger charge is -2.08. The number of hydrogen-bond acceptors (Lipinski definition) is 5. The molecule has 0 saturated heterocycles. The molecule has 0 aliphatic rings. The largest absolute Gasteiger partial charge is 0.484 e. The number of carbonyl (C=O) groups is 1. The van der Waals surface area contributed by atoms with Gasteiger partial charge in [-0.25, -0.2) is 4.98 Å². The summed E-state index contributed by atoms with van der Waals surface area (Å²) >= 11 is 0. The lowest BCUT2D eigenvalue weighted by Crippen LogP contribution is -2.20. The van der Waals surface area contributed by atoms with E-state index >= 15 is 0 Å². The van der Waals surface area contributed by atoms with Gasteiger partial charge >= 0.3 is 0 Å². The number of H-pyrrole nitrogens is 1. The Morgan fingerprint density at radius 1 is 1.13 bits per heavy atom. The number of para-hydroxylation sites is 2. The van der Waals surface area contributed by atoms with Gasteiger partial charge in [0.2, 0.25) is 0 Å². The van der Waals surface area contributed by atoms with Crippen LogP contribution in [0.5, 0.6) is 5.75 Å². The third-order valence-corrected chi connectivity index (χ3v) is 4.51. The van der Waals surface area contributed by atoms with Crippen LogP contribution in [0.3, 0.4) is 0 Å². The standard InChI is InChI=1S/C22H18N4O4/c1-14-6-11-17-19(12-14)25-22(24-17)15-7-9-16(10-8-15)30-13-21(27)23-18-4-2-3-5-20(18)26(28)29/h2-12H,13H2,1H3,(H,23,27)(H,24,25). The number of nitrogens with one attached hydrogen (secondary N) is 2. The van der Waals surface area contributed by atoms with Crippen LogP contribution in [0.4, 0.5) is 11.4 Å². The van der Waals surface area contributed by atoms with E-state index in [9.17, 15) is 14.9 Å². The van der Waals surface area contributed by atoms with Gasteiger partial charge in [-0.3, -0.25) is 14.9 Å². The fraction of sp³-hybridized carbons (Fsp3) is 0.0909. The molecule has 0 aliphatic heterocycles. The van der Waals surface area contributed by atoms with Gasteiger partial charge in [0.25, 0.3) is 11.6 Å². The predicted octanol–water partition coefficient (Wildman–Crippen LogP) is 4.46. The zero-order valence-corrected chi connectivity index (χ0v) is 16.1. The van der Waals surface area contributed by atoms with E-state index in [1.807, 2.05) is 37.3 Å². The van der Waals surface area contributed by atoms with Crippen molar-refractivity contribution in [2.24, 2.45) is 0 Å². The van der Waals surface area contributed by atoms with Gasteiger partial charge in [0, 0.05) is 11.6 Å². The number of anilines is 1. The SMILES string of the molecule is Cc1ccc2nc(-c3ccc(OCC(=O)Nc4ccccc4[N+](=O)[O-])cc3)[nH]c2c1. The average molecular weight is 402 g/mol. The average Bonchev–Trinajstić information content (AvgIpc) is 3.16. The minimum atomic E-state index is -0.547. The number of imidazole rings is 1. The zero-order chi connectivity index (χ0) is 21.1. The summed E-state index contributed by atoms with van der Waals surface area (Å²) in [5.41, 5.74) is 3.86. The second-order valence-corrected chi connectivity index (χ2v) is 6.74.